The lowest BCUT2D eigenvalue weighted by Gasteiger charge is -2.22. The summed E-state index contributed by atoms with van der Waals surface area (Å²) in [5.41, 5.74) is 0. The highest BCUT2D eigenvalue weighted by Crippen LogP contribution is 2.15. The highest BCUT2D eigenvalue weighted by atomic mass is 28.4. The molecule has 0 radical (unpaired) electrons. The Balaban J connectivity index is 3.55. The zero-order valence-electron chi connectivity index (χ0n) is 9.30. The van der Waals surface area contributed by atoms with Crippen LogP contribution < -0.4 is 0 Å². The summed E-state index contributed by atoms with van der Waals surface area (Å²) >= 11 is 0. The summed E-state index contributed by atoms with van der Waals surface area (Å²) in [5, 5.41) is 0. The van der Waals surface area contributed by atoms with E-state index in [1.54, 1.807) is 14.2 Å². The molecule has 0 N–H and O–H groups in total. The van der Waals surface area contributed by atoms with Crippen molar-refractivity contribution < 1.29 is 8.85 Å². The number of rotatable bonds is 7. The van der Waals surface area contributed by atoms with E-state index < -0.39 is 8.56 Å². The molecule has 0 aliphatic carbocycles. The minimum absolute atomic E-state index is 1.08. The number of allylic oxidation sites excluding steroid dienone is 2. The summed E-state index contributed by atoms with van der Waals surface area (Å²) in [4.78, 5) is 0. The van der Waals surface area contributed by atoms with Crippen LogP contribution in [-0.4, -0.2) is 22.8 Å². The van der Waals surface area contributed by atoms with Gasteiger partial charge in [-0.3, -0.25) is 0 Å². The van der Waals surface area contributed by atoms with Crippen molar-refractivity contribution in [1.29, 1.82) is 0 Å². The Labute approximate surface area is 83.2 Å². The Morgan fingerprint density at radius 3 is 2.23 bits per heavy atom. The predicted molar refractivity (Wildman–Crippen MR) is 59.1 cm³/mol. The van der Waals surface area contributed by atoms with Crippen LogP contribution in [0.4, 0.5) is 0 Å². The van der Waals surface area contributed by atoms with E-state index in [-0.39, 0.29) is 0 Å². The average molecular weight is 202 g/mol. The Morgan fingerprint density at radius 2 is 1.77 bits per heavy atom. The maximum absolute atomic E-state index is 5.39. The summed E-state index contributed by atoms with van der Waals surface area (Å²) in [7, 11) is 1.70. The molecule has 0 aliphatic heterocycles. The van der Waals surface area contributed by atoms with Crippen LogP contribution in [-0.2, 0) is 8.85 Å². The van der Waals surface area contributed by atoms with Crippen molar-refractivity contribution in [3.05, 3.63) is 12.2 Å². The van der Waals surface area contributed by atoms with E-state index in [1.165, 1.54) is 6.42 Å². The van der Waals surface area contributed by atoms with Crippen molar-refractivity contribution in [2.75, 3.05) is 14.2 Å². The smallest absolute Gasteiger partial charge is 0.334 e. The van der Waals surface area contributed by atoms with Crippen LogP contribution >= 0.6 is 0 Å². The molecule has 2 nitrogen and oxygen atoms in total. The van der Waals surface area contributed by atoms with Gasteiger partial charge in [-0.25, -0.2) is 0 Å². The monoisotopic (exact) mass is 202 g/mol. The van der Waals surface area contributed by atoms with Gasteiger partial charge in [-0.05, 0) is 31.9 Å². The second kappa shape index (κ2) is 7.30. The summed E-state index contributed by atoms with van der Waals surface area (Å²) in [6, 6.07) is 1.08. The van der Waals surface area contributed by atoms with Gasteiger partial charge in [-0.2, -0.15) is 0 Å². The predicted octanol–water partition coefficient (Wildman–Crippen LogP) is 3.10. The topological polar surface area (TPSA) is 18.5 Å². The van der Waals surface area contributed by atoms with Crippen LogP contribution in [0, 0.1) is 0 Å². The largest absolute Gasteiger partial charge is 0.398 e. The maximum atomic E-state index is 5.39. The lowest BCUT2D eigenvalue weighted by Crippen LogP contribution is -2.35. The van der Waals surface area contributed by atoms with Crippen LogP contribution in [0.25, 0.3) is 0 Å². The number of unbranched alkanes of at least 4 members (excludes halogenated alkanes) is 1. The van der Waals surface area contributed by atoms with Crippen LogP contribution in [0.2, 0.25) is 12.6 Å². The third-order valence-corrected chi connectivity index (χ3v) is 5.26. The van der Waals surface area contributed by atoms with Crippen molar-refractivity contribution >= 4 is 8.56 Å². The van der Waals surface area contributed by atoms with Crippen molar-refractivity contribution in [2.45, 2.75) is 38.8 Å². The number of hydrogen-bond donors (Lipinski definition) is 0. The first-order valence-corrected chi connectivity index (χ1v) is 7.46. The first kappa shape index (κ1) is 12.9. The van der Waals surface area contributed by atoms with Gasteiger partial charge in [0, 0.05) is 14.2 Å². The van der Waals surface area contributed by atoms with Gasteiger partial charge in [0.2, 0.25) is 0 Å². The van der Waals surface area contributed by atoms with Gasteiger partial charge in [0.05, 0.1) is 0 Å². The van der Waals surface area contributed by atoms with E-state index in [1.807, 2.05) is 0 Å². The molecule has 0 aromatic heterocycles. The van der Waals surface area contributed by atoms with Crippen LogP contribution in [0.1, 0.15) is 26.2 Å². The molecular weight excluding hydrogens is 180 g/mol. The fourth-order valence-corrected chi connectivity index (χ4v) is 2.53. The molecule has 0 saturated carbocycles. The molecule has 0 amide bonds. The molecule has 0 unspecified atom stereocenters. The van der Waals surface area contributed by atoms with E-state index in [0.29, 0.717) is 0 Å². The molecule has 0 fully saturated rings. The van der Waals surface area contributed by atoms with Gasteiger partial charge < -0.3 is 8.85 Å². The first-order valence-electron chi connectivity index (χ1n) is 4.94. The van der Waals surface area contributed by atoms with E-state index in [9.17, 15) is 0 Å². The summed E-state index contributed by atoms with van der Waals surface area (Å²) < 4.78 is 10.8. The van der Waals surface area contributed by atoms with E-state index in [4.69, 9.17) is 8.85 Å². The standard InChI is InChI=1S/C10H22O2Si/c1-5-6-7-8-9-10-13(4,11-2)12-3/h6-7H,5,8-10H2,1-4H3. The van der Waals surface area contributed by atoms with Crippen LogP contribution in [0.15, 0.2) is 12.2 Å². The summed E-state index contributed by atoms with van der Waals surface area (Å²) in [6.07, 6.45) is 7.88. The van der Waals surface area contributed by atoms with E-state index >= 15 is 0 Å². The van der Waals surface area contributed by atoms with Gasteiger partial charge in [0.15, 0.2) is 0 Å². The van der Waals surface area contributed by atoms with Gasteiger partial charge in [-0.1, -0.05) is 19.1 Å². The molecule has 3 heteroatoms. The van der Waals surface area contributed by atoms with Crippen molar-refractivity contribution in [3.63, 3.8) is 0 Å². The lowest BCUT2D eigenvalue weighted by molar-refractivity contribution is 0.248. The zero-order chi connectivity index (χ0) is 10.2. The number of hydrogen-bond acceptors (Lipinski definition) is 2. The van der Waals surface area contributed by atoms with Gasteiger partial charge in [0.25, 0.3) is 0 Å². The fraction of sp³-hybridized carbons (Fsp3) is 0.800. The highest BCUT2D eigenvalue weighted by Gasteiger charge is 2.27. The average Bonchev–Trinajstić information content (AvgIpc) is 2.17. The Hall–Kier alpha value is -0.123. The SMILES string of the molecule is CCC=CCCC[Si](C)(OC)OC. The second-order valence-electron chi connectivity index (χ2n) is 3.31. The van der Waals surface area contributed by atoms with E-state index in [2.05, 4.69) is 25.6 Å². The molecule has 0 atom stereocenters. The Kier molecular flexibility index (Phi) is 7.23. The zero-order valence-corrected chi connectivity index (χ0v) is 10.3. The molecule has 13 heavy (non-hydrogen) atoms. The highest BCUT2D eigenvalue weighted by molar-refractivity contribution is 6.65. The van der Waals surface area contributed by atoms with Gasteiger partial charge in [0.1, 0.15) is 0 Å². The molecular formula is C10H22O2Si. The second-order valence-corrected chi connectivity index (χ2v) is 6.90. The molecule has 0 aliphatic rings. The molecule has 78 valence electrons. The first-order chi connectivity index (χ1) is 6.18. The maximum Gasteiger partial charge on any atom is 0.334 e. The van der Waals surface area contributed by atoms with Crippen molar-refractivity contribution in [1.82, 2.24) is 0 Å². The molecule has 0 aromatic carbocycles. The Morgan fingerprint density at radius 1 is 1.15 bits per heavy atom. The molecule has 0 bridgehead atoms. The minimum Gasteiger partial charge on any atom is -0.398 e. The molecule has 0 rings (SSSR count). The molecule has 0 heterocycles. The van der Waals surface area contributed by atoms with Crippen molar-refractivity contribution in [2.24, 2.45) is 0 Å². The van der Waals surface area contributed by atoms with Gasteiger partial charge >= 0.3 is 8.56 Å². The quantitative estimate of drug-likeness (QED) is 0.359. The van der Waals surface area contributed by atoms with Crippen molar-refractivity contribution in [3.8, 4) is 0 Å². The van der Waals surface area contributed by atoms with Crippen LogP contribution in [0.3, 0.4) is 0 Å². The third kappa shape index (κ3) is 6.02. The van der Waals surface area contributed by atoms with Crippen LogP contribution in [0.5, 0.6) is 0 Å². The summed E-state index contributed by atoms with van der Waals surface area (Å²) in [5.74, 6) is 0. The molecule has 0 saturated heterocycles. The third-order valence-electron chi connectivity index (χ3n) is 2.27. The minimum atomic E-state index is -1.79. The lowest BCUT2D eigenvalue weighted by atomic mass is 10.3. The van der Waals surface area contributed by atoms with Gasteiger partial charge in [-0.15, -0.1) is 0 Å². The normalized spacial score (nSPS) is 12.6. The molecule has 0 aromatic rings. The summed E-state index contributed by atoms with van der Waals surface area (Å²) in [6.45, 7) is 4.26. The fourth-order valence-electron chi connectivity index (χ4n) is 1.11. The Bertz CT molecular complexity index is 142. The molecule has 0 spiro atoms. The van der Waals surface area contributed by atoms with E-state index in [0.717, 1.165) is 18.9 Å².